The van der Waals surface area contributed by atoms with Crippen molar-refractivity contribution in [3.63, 3.8) is 0 Å². The summed E-state index contributed by atoms with van der Waals surface area (Å²) < 4.78 is 5.04. The third kappa shape index (κ3) is 2.69. The van der Waals surface area contributed by atoms with Crippen LogP contribution in [0.1, 0.15) is 26.7 Å². The standard InChI is InChI=1S/C11H18N2O2/c1-8(2)9(6-15-3)13-10(14)11(7-12)4-5-11/h8-9H,4-6H2,1-3H3,(H,13,14). The normalized spacial score (nSPS) is 19.4. The minimum Gasteiger partial charge on any atom is -0.383 e. The predicted molar refractivity (Wildman–Crippen MR) is 55.9 cm³/mol. The molecule has 1 aliphatic carbocycles. The lowest BCUT2D eigenvalue weighted by Gasteiger charge is -2.22. The van der Waals surface area contributed by atoms with E-state index in [1.54, 1.807) is 7.11 Å². The smallest absolute Gasteiger partial charge is 0.240 e. The van der Waals surface area contributed by atoms with Crippen LogP contribution in [0.2, 0.25) is 0 Å². The van der Waals surface area contributed by atoms with Crippen LogP contribution in [0.15, 0.2) is 0 Å². The number of rotatable bonds is 5. The van der Waals surface area contributed by atoms with Gasteiger partial charge in [0.15, 0.2) is 0 Å². The lowest BCUT2D eigenvalue weighted by Crippen LogP contribution is -2.44. The number of carbonyl (C=O) groups excluding carboxylic acids is 1. The second kappa shape index (κ2) is 4.63. The maximum atomic E-state index is 11.8. The van der Waals surface area contributed by atoms with Crippen LogP contribution in [0, 0.1) is 22.7 Å². The summed E-state index contributed by atoms with van der Waals surface area (Å²) in [5.74, 6) is 0.171. The Kier molecular flexibility index (Phi) is 3.70. The molecule has 0 heterocycles. The molecule has 0 aromatic rings. The monoisotopic (exact) mass is 210 g/mol. The van der Waals surface area contributed by atoms with E-state index in [0.29, 0.717) is 25.4 Å². The zero-order valence-electron chi connectivity index (χ0n) is 9.54. The van der Waals surface area contributed by atoms with Crippen LogP contribution >= 0.6 is 0 Å². The fourth-order valence-corrected chi connectivity index (χ4v) is 1.40. The quantitative estimate of drug-likeness (QED) is 0.738. The van der Waals surface area contributed by atoms with Crippen LogP contribution in [0.25, 0.3) is 0 Å². The molecule has 1 saturated carbocycles. The second-order valence-corrected chi connectivity index (χ2v) is 4.47. The summed E-state index contributed by atoms with van der Waals surface area (Å²) in [7, 11) is 1.61. The zero-order chi connectivity index (χ0) is 11.5. The number of nitrogens with one attached hydrogen (secondary N) is 1. The van der Waals surface area contributed by atoms with Crippen molar-refractivity contribution in [1.82, 2.24) is 5.32 Å². The third-order valence-electron chi connectivity index (χ3n) is 2.87. The Morgan fingerprint density at radius 1 is 1.60 bits per heavy atom. The number of hydrogen-bond acceptors (Lipinski definition) is 3. The predicted octanol–water partition coefficient (Wildman–Crippen LogP) is 1.08. The molecule has 0 radical (unpaired) electrons. The van der Waals surface area contributed by atoms with Crippen molar-refractivity contribution >= 4 is 5.91 Å². The summed E-state index contributed by atoms with van der Waals surface area (Å²) in [4.78, 5) is 11.8. The molecule has 1 fully saturated rings. The number of ether oxygens (including phenoxy) is 1. The number of hydrogen-bond donors (Lipinski definition) is 1. The maximum Gasteiger partial charge on any atom is 0.240 e. The van der Waals surface area contributed by atoms with E-state index in [2.05, 4.69) is 11.4 Å². The molecule has 0 bridgehead atoms. The molecule has 0 aromatic carbocycles. The van der Waals surface area contributed by atoms with Gasteiger partial charge in [0.05, 0.1) is 18.7 Å². The first-order valence-corrected chi connectivity index (χ1v) is 5.27. The van der Waals surface area contributed by atoms with Gasteiger partial charge in [-0.15, -0.1) is 0 Å². The summed E-state index contributed by atoms with van der Waals surface area (Å²) >= 11 is 0. The largest absolute Gasteiger partial charge is 0.383 e. The lowest BCUT2D eigenvalue weighted by molar-refractivity contribution is -0.125. The Morgan fingerprint density at radius 2 is 2.20 bits per heavy atom. The first-order chi connectivity index (χ1) is 7.05. The molecule has 1 unspecified atom stereocenters. The van der Waals surface area contributed by atoms with Crippen LogP contribution in [-0.4, -0.2) is 25.7 Å². The average Bonchev–Trinajstić information content (AvgIpc) is 2.97. The summed E-state index contributed by atoms with van der Waals surface area (Å²) in [6.45, 7) is 4.54. The van der Waals surface area contributed by atoms with Gasteiger partial charge in [0.25, 0.3) is 0 Å². The van der Waals surface area contributed by atoms with Crippen molar-refractivity contribution in [2.75, 3.05) is 13.7 Å². The van der Waals surface area contributed by atoms with E-state index < -0.39 is 5.41 Å². The van der Waals surface area contributed by atoms with E-state index in [1.165, 1.54) is 0 Å². The fourth-order valence-electron chi connectivity index (χ4n) is 1.40. The van der Waals surface area contributed by atoms with Gasteiger partial charge in [-0.1, -0.05) is 13.8 Å². The van der Waals surface area contributed by atoms with Gasteiger partial charge in [0.2, 0.25) is 5.91 Å². The number of carbonyl (C=O) groups is 1. The van der Waals surface area contributed by atoms with Gasteiger partial charge in [0, 0.05) is 7.11 Å². The van der Waals surface area contributed by atoms with Crippen LogP contribution in [0.5, 0.6) is 0 Å². The highest BCUT2D eigenvalue weighted by atomic mass is 16.5. The molecule has 0 spiro atoms. The van der Waals surface area contributed by atoms with E-state index in [4.69, 9.17) is 10.00 Å². The lowest BCUT2D eigenvalue weighted by atomic mass is 10.0. The number of nitrogens with zero attached hydrogens (tertiary/aromatic N) is 1. The average molecular weight is 210 g/mol. The SMILES string of the molecule is COCC(NC(=O)C1(C#N)CC1)C(C)C. The molecular formula is C11H18N2O2. The highest BCUT2D eigenvalue weighted by Gasteiger charge is 2.51. The van der Waals surface area contributed by atoms with Crippen LogP contribution < -0.4 is 5.32 Å². The Labute approximate surface area is 90.6 Å². The molecule has 1 aliphatic rings. The summed E-state index contributed by atoms with van der Waals surface area (Å²) in [6, 6.07) is 2.08. The van der Waals surface area contributed by atoms with Crippen molar-refractivity contribution in [2.45, 2.75) is 32.7 Å². The number of nitriles is 1. The van der Waals surface area contributed by atoms with Crippen molar-refractivity contribution < 1.29 is 9.53 Å². The first kappa shape index (κ1) is 12.0. The summed E-state index contributed by atoms with van der Waals surface area (Å²) in [6.07, 6.45) is 1.38. The van der Waals surface area contributed by atoms with E-state index in [1.807, 2.05) is 13.8 Å². The molecule has 0 aromatic heterocycles. The molecule has 84 valence electrons. The fraction of sp³-hybridized carbons (Fsp3) is 0.818. The Hall–Kier alpha value is -1.08. The van der Waals surface area contributed by atoms with E-state index >= 15 is 0 Å². The zero-order valence-corrected chi connectivity index (χ0v) is 9.54. The minimum absolute atomic E-state index is 0.00618. The van der Waals surface area contributed by atoms with Crippen molar-refractivity contribution in [3.05, 3.63) is 0 Å². The molecule has 4 heteroatoms. The van der Waals surface area contributed by atoms with Crippen LogP contribution in [-0.2, 0) is 9.53 Å². The summed E-state index contributed by atoms with van der Waals surface area (Å²) in [5.41, 5.74) is -0.735. The minimum atomic E-state index is -0.735. The maximum absolute atomic E-state index is 11.8. The van der Waals surface area contributed by atoms with Gasteiger partial charge < -0.3 is 10.1 Å². The molecule has 15 heavy (non-hydrogen) atoms. The number of amides is 1. The Morgan fingerprint density at radius 3 is 2.53 bits per heavy atom. The highest BCUT2D eigenvalue weighted by Crippen LogP contribution is 2.45. The van der Waals surface area contributed by atoms with Crippen molar-refractivity contribution in [2.24, 2.45) is 11.3 Å². The van der Waals surface area contributed by atoms with Crippen molar-refractivity contribution in [1.29, 1.82) is 5.26 Å². The molecule has 1 rings (SSSR count). The Bertz CT molecular complexity index is 277. The molecule has 1 amide bonds. The molecule has 0 saturated heterocycles. The summed E-state index contributed by atoms with van der Waals surface area (Å²) in [5, 5.41) is 11.8. The second-order valence-electron chi connectivity index (χ2n) is 4.47. The first-order valence-electron chi connectivity index (χ1n) is 5.27. The number of methoxy groups -OCH3 is 1. The molecular weight excluding hydrogens is 192 g/mol. The van der Waals surface area contributed by atoms with E-state index in [-0.39, 0.29) is 11.9 Å². The molecule has 1 atom stereocenters. The van der Waals surface area contributed by atoms with E-state index in [0.717, 1.165) is 0 Å². The van der Waals surface area contributed by atoms with Crippen molar-refractivity contribution in [3.8, 4) is 6.07 Å². The highest BCUT2D eigenvalue weighted by molar-refractivity contribution is 5.88. The van der Waals surface area contributed by atoms with Gasteiger partial charge in [0.1, 0.15) is 5.41 Å². The van der Waals surface area contributed by atoms with Crippen LogP contribution in [0.3, 0.4) is 0 Å². The Balaban J connectivity index is 2.52. The topological polar surface area (TPSA) is 62.1 Å². The third-order valence-corrected chi connectivity index (χ3v) is 2.87. The van der Waals surface area contributed by atoms with Crippen LogP contribution in [0.4, 0.5) is 0 Å². The molecule has 0 aliphatic heterocycles. The molecule has 4 nitrogen and oxygen atoms in total. The van der Waals surface area contributed by atoms with Gasteiger partial charge in [-0.3, -0.25) is 4.79 Å². The van der Waals surface area contributed by atoms with Gasteiger partial charge >= 0.3 is 0 Å². The van der Waals surface area contributed by atoms with Gasteiger partial charge in [-0.25, -0.2) is 0 Å². The van der Waals surface area contributed by atoms with Gasteiger partial charge in [-0.2, -0.15) is 5.26 Å². The van der Waals surface area contributed by atoms with Gasteiger partial charge in [-0.05, 0) is 18.8 Å². The molecule has 1 N–H and O–H groups in total. The van der Waals surface area contributed by atoms with E-state index in [9.17, 15) is 4.79 Å².